The van der Waals surface area contributed by atoms with Crippen LogP contribution in [0.5, 0.6) is 5.75 Å². The number of aromatic nitrogens is 3. The number of rotatable bonds is 8. The van der Waals surface area contributed by atoms with Crippen molar-refractivity contribution in [3.63, 3.8) is 0 Å². The average Bonchev–Trinajstić information content (AvgIpc) is 3.49. The molecule has 4 rings (SSSR count). The number of hydrogen-bond acceptors (Lipinski definition) is 7. The van der Waals surface area contributed by atoms with Gasteiger partial charge in [0, 0.05) is 35.0 Å². The van der Waals surface area contributed by atoms with Crippen LogP contribution in [0.25, 0.3) is 10.6 Å². The van der Waals surface area contributed by atoms with Crippen LogP contribution in [0.15, 0.2) is 36.8 Å². The van der Waals surface area contributed by atoms with Gasteiger partial charge in [0.25, 0.3) is 5.91 Å². The van der Waals surface area contributed by atoms with E-state index >= 15 is 0 Å². The first-order chi connectivity index (χ1) is 15.5. The fraction of sp³-hybridized carbons (Fsp3) is 0.417. The van der Waals surface area contributed by atoms with Crippen LogP contribution in [0.2, 0.25) is 0 Å². The molecule has 1 aliphatic heterocycles. The predicted octanol–water partition coefficient (Wildman–Crippen LogP) is 4.52. The van der Waals surface area contributed by atoms with Gasteiger partial charge in [-0.3, -0.25) is 14.8 Å². The second-order valence-corrected chi connectivity index (χ2v) is 9.31. The van der Waals surface area contributed by atoms with Crippen LogP contribution in [0, 0.1) is 6.92 Å². The third kappa shape index (κ3) is 5.69. The molecule has 1 N–H and O–H groups in total. The number of nitrogens with zero attached hydrogens (tertiary/aromatic N) is 3. The maximum absolute atomic E-state index is 12.9. The van der Waals surface area contributed by atoms with E-state index in [1.807, 2.05) is 25.3 Å². The number of ether oxygens (including phenoxy) is 2. The molecule has 1 amide bonds. The minimum atomic E-state index is -0.197. The second kappa shape index (κ2) is 10.2. The standard InChI is InChI=1S/C24H28N4O3S/c1-15(2)22-13-28-24(32-22)18-7-17(8-21(9-18)31-14-20-5-4-6-30-20)23(29)27-12-19-11-25-16(3)10-26-19/h7-11,13,15,20H,4-6,12,14H2,1-3H3,(H,27,29). The van der Waals surface area contributed by atoms with E-state index in [2.05, 4.69) is 34.1 Å². The van der Waals surface area contributed by atoms with Crippen molar-refractivity contribution in [2.24, 2.45) is 0 Å². The van der Waals surface area contributed by atoms with Crippen molar-refractivity contribution < 1.29 is 14.3 Å². The summed E-state index contributed by atoms with van der Waals surface area (Å²) in [7, 11) is 0. The lowest BCUT2D eigenvalue weighted by Crippen LogP contribution is -2.23. The Labute approximate surface area is 192 Å². The first-order valence-electron chi connectivity index (χ1n) is 10.9. The number of nitrogens with one attached hydrogen (secondary N) is 1. The highest BCUT2D eigenvalue weighted by Crippen LogP contribution is 2.32. The molecule has 0 bridgehead atoms. The minimum Gasteiger partial charge on any atom is -0.491 e. The Morgan fingerprint density at radius 2 is 2.09 bits per heavy atom. The molecule has 3 heterocycles. The van der Waals surface area contributed by atoms with Crippen molar-refractivity contribution in [1.82, 2.24) is 20.3 Å². The second-order valence-electron chi connectivity index (χ2n) is 8.25. The van der Waals surface area contributed by atoms with Gasteiger partial charge in [0.05, 0.1) is 30.2 Å². The normalized spacial score (nSPS) is 15.8. The Bertz CT molecular complexity index is 1060. The van der Waals surface area contributed by atoms with Crippen molar-refractivity contribution in [2.45, 2.75) is 52.2 Å². The first kappa shape index (κ1) is 22.4. The number of carbonyl (C=O) groups excluding carboxylic acids is 1. The van der Waals surface area contributed by atoms with Crippen LogP contribution in [0.4, 0.5) is 0 Å². The summed E-state index contributed by atoms with van der Waals surface area (Å²) in [5.41, 5.74) is 2.93. The van der Waals surface area contributed by atoms with E-state index < -0.39 is 0 Å². The van der Waals surface area contributed by atoms with E-state index in [1.54, 1.807) is 29.8 Å². The van der Waals surface area contributed by atoms with Gasteiger partial charge in [0.1, 0.15) is 17.4 Å². The van der Waals surface area contributed by atoms with E-state index in [9.17, 15) is 4.79 Å². The summed E-state index contributed by atoms with van der Waals surface area (Å²) >= 11 is 1.64. The summed E-state index contributed by atoms with van der Waals surface area (Å²) in [4.78, 5) is 27.2. The first-order valence-corrected chi connectivity index (χ1v) is 11.7. The topological polar surface area (TPSA) is 86.2 Å². The number of carbonyl (C=O) groups is 1. The fourth-order valence-electron chi connectivity index (χ4n) is 3.37. The van der Waals surface area contributed by atoms with E-state index in [4.69, 9.17) is 9.47 Å². The van der Waals surface area contributed by atoms with Gasteiger partial charge in [-0.2, -0.15) is 0 Å². The third-order valence-corrected chi connectivity index (χ3v) is 6.58. The quantitative estimate of drug-likeness (QED) is 0.541. The Morgan fingerprint density at radius 1 is 1.22 bits per heavy atom. The molecule has 0 radical (unpaired) electrons. The van der Waals surface area contributed by atoms with Gasteiger partial charge in [-0.05, 0) is 43.9 Å². The number of hydrogen-bond donors (Lipinski definition) is 1. The van der Waals surface area contributed by atoms with Gasteiger partial charge < -0.3 is 14.8 Å². The fourth-order valence-corrected chi connectivity index (χ4v) is 4.28. The molecule has 3 aromatic rings. The van der Waals surface area contributed by atoms with Crippen LogP contribution in [0.3, 0.4) is 0 Å². The predicted molar refractivity (Wildman–Crippen MR) is 124 cm³/mol. The van der Waals surface area contributed by atoms with Crippen LogP contribution >= 0.6 is 11.3 Å². The molecule has 168 valence electrons. The Hall–Kier alpha value is -2.84. The molecule has 1 atom stereocenters. The summed E-state index contributed by atoms with van der Waals surface area (Å²) in [6, 6.07) is 5.57. The maximum Gasteiger partial charge on any atom is 0.251 e. The molecule has 32 heavy (non-hydrogen) atoms. The van der Waals surface area contributed by atoms with Crippen LogP contribution in [-0.4, -0.2) is 40.2 Å². The summed E-state index contributed by atoms with van der Waals surface area (Å²) < 4.78 is 11.7. The Balaban J connectivity index is 1.54. The summed E-state index contributed by atoms with van der Waals surface area (Å²) in [5, 5.41) is 3.79. The van der Waals surface area contributed by atoms with Crippen molar-refractivity contribution >= 4 is 17.2 Å². The lowest BCUT2D eigenvalue weighted by atomic mass is 10.1. The van der Waals surface area contributed by atoms with Crippen molar-refractivity contribution in [2.75, 3.05) is 13.2 Å². The molecule has 1 saturated heterocycles. The van der Waals surface area contributed by atoms with E-state index in [1.165, 1.54) is 4.88 Å². The highest BCUT2D eigenvalue weighted by molar-refractivity contribution is 7.15. The van der Waals surface area contributed by atoms with E-state index in [-0.39, 0.29) is 12.0 Å². The molecule has 8 heteroatoms. The molecule has 0 spiro atoms. The molecule has 0 aliphatic carbocycles. The monoisotopic (exact) mass is 452 g/mol. The lowest BCUT2D eigenvalue weighted by molar-refractivity contribution is 0.0679. The molecular formula is C24H28N4O3S. The molecule has 7 nitrogen and oxygen atoms in total. The molecule has 1 unspecified atom stereocenters. The van der Waals surface area contributed by atoms with Crippen molar-refractivity contribution in [1.29, 1.82) is 0 Å². The molecule has 1 aliphatic rings. The third-order valence-electron chi connectivity index (χ3n) is 5.23. The van der Waals surface area contributed by atoms with Gasteiger partial charge in [0.2, 0.25) is 0 Å². The molecule has 1 aromatic carbocycles. The van der Waals surface area contributed by atoms with Crippen molar-refractivity contribution in [3.05, 3.63) is 58.6 Å². The summed E-state index contributed by atoms with van der Waals surface area (Å²) in [6.45, 7) is 7.72. The maximum atomic E-state index is 12.9. The SMILES string of the molecule is Cc1cnc(CNC(=O)c2cc(OCC3CCCO3)cc(-c3ncc(C(C)C)s3)c2)cn1. The molecule has 2 aromatic heterocycles. The Morgan fingerprint density at radius 3 is 2.78 bits per heavy atom. The van der Waals surface area contributed by atoms with Crippen LogP contribution < -0.4 is 10.1 Å². The average molecular weight is 453 g/mol. The van der Waals surface area contributed by atoms with Gasteiger partial charge in [0.15, 0.2) is 0 Å². The Kier molecular flexibility index (Phi) is 7.12. The largest absolute Gasteiger partial charge is 0.491 e. The highest BCUT2D eigenvalue weighted by atomic mass is 32.1. The van der Waals surface area contributed by atoms with Crippen LogP contribution in [0.1, 0.15) is 59.2 Å². The van der Waals surface area contributed by atoms with Gasteiger partial charge in [-0.15, -0.1) is 11.3 Å². The molecule has 1 fully saturated rings. The highest BCUT2D eigenvalue weighted by Gasteiger charge is 2.18. The van der Waals surface area contributed by atoms with E-state index in [0.717, 1.165) is 35.7 Å². The van der Waals surface area contributed by atoms with Crippen LogP contribution in [-0.2, 0) is 11.3 Å². The molecular weight excluding hydrogens is 424 g/mol. The number of benzene rings is 1. The summed E-state index contributed by atoms with van der Waals surface area (Å²) in [6.07, 6.45) is 7.41. The zero-order valence-electron chi connectivity index (χ0n) is 18.6. The smallest absolute Gasteiger partial charge is 0.251 e. The number of aryl methyl sites for hydroxylation is 1. The zero-order valence-corrected chi connectivity index (χ0v) is 19.4. The van der Waals surface area contributed by atoms with Gasteiger partial charge in [-0.25, -0.2) is 4.98 Å². The van der Waals surface area contributed by atoms with Crippen molar-refractivity contribution in [3.8, 4) is 16.3 Å². The summed E-state index contributed by atoms with van der Waals surface area (Å²) in [5.74, 6) is 0.843. The number of thiazole rings is 1. The van der Waals surface area contributed by atoms with Gasteiger partial charge >= 0.3 is 0 Å². The zero-order chi connectivity index (χ0) is 22.5. The number of amides is 1. The van der Waals surface area contributed by atoms with E-state index in [0.29, 0.717) is 36.1 Å². The lowest BCUT2D eigenvalue weighted by Gasteiger charge is -2.14. The minimum absolute atomic E-state index is 0.100. The van der Waals surface area contributed by atoms with Gasteiger partial charge in [-0.1, -0.05) is 13.8 Å². The molecule has 0 saturated carbocycles.